The molecule has 0 fully saturated rings. The minimum atomic E-state index is -0.525. The molecular formula is C32H27N3O5. The quantitative estimate of drug-likeness (QED) is 0.267. The molecule has 0 atom stereocenters. The average Bonchev–Trinajstić information content (AvgIpc) is 3.53. The zero-order valence-electron chi connectivity index (χ0n) is 22.1. The monoisotopic (exact) mass is 533 g/mol. The third kappa shape index (κ3) is 4.43. The number of ether oxygens (including phenoxy) is 2. The Morgan fingerprint density at radius 1 is 0.900 bits per heavy atom. The first-order chi connectivity index (χ1) is 19.4. The van der Waals surface area contributed by atoms with Crippen molar-refractivity contribution >= 4 is 34.3 Å². The molecule has 40 heavy (non-hydrogen) atoms. The first kappa shape index (κ1) is 25.2. The van der Waals surface area contributed by atoms with Gasteiger partial charge in [-0.05, 0) is 53.4 Å². The van der Waals surface area contributed by atoms with E-state index >= 15 is 0 Å². The van der Waals surface area contributed by atoms with Crippen LogP contribution in [0.5, 0.6) is 0 Å². The first-order valence-corrected chi connectivity index (χ1v) is 13.1. The van der Waals surface area contributed by atoms with Gasteiger partial charge in [0.1, 0.15) is 6.61 Å². The van der Waals surface area contributed by atoms with Crippen LogP contribution < -0.4 is 10.9 Å². The summed E-state index contributed by atoms with van der Waals surface area (Å²) in [5.41, 5.74) is 6.31. The molecule has 2 aromatic heterocycles. The van der Waals surface area contributed by atoms with Gasteiger partial charge in [-0.1, -0.05) is 48.5 Å². The van der Waals surface area contributed by atoms with Crippen molar-refractivity contribution in [3.05, 3.63) is 118 Å². The van der Waals surface area contributed by atoms with E-state index in [-0.39, 0.29) is 30.3 Å². The highest BCUT2D eigenvalue weighted by Crippen LogP contribution is 2.44. The smallest absolute Gasteiger partial charge is 0.418 e. The molecule has 1 aliphatic rings. The van der Waals surface area contributed by atoms with E-state index in [1.165, 1.54) is 32.5 Å². The molecular weight excluding hydrogens is 506 g/mol. The van der Waals surface area contributed by atoms with Gasteiger partial charge in [-0.25, -0.2) is 9.59 Å². The molecule has 0 amide bonds. The van der Waals surface area contributed by atoms with Gasteiger partial charge in [0.05, 0.1) is 23.4 Å². The summed E-state index contributed by atoms with van der Waals surface area (Å²) in [6.45, 7) is 2.17. The Balaban J connectivity index is 1.22. The van der Waals surface area contributed by atoms with Gasteiger partial charge in [-0.2, -0.15) is 0 Å². The molecule has 1 N–H and O–H groups in total. The zero-order chi connectivity index (χ0) is 27.8. The maximum Gasteiger partial charge on any atom is 0.418 e. The number of pyridine rings is 1. The van der Waals surface area contributed by atoms with E-state index in [2.05, 4.69) is 29.6 Å². The number of fused-ring (bicyclic) bond motifs is 4. The second-order valence-electron chi connectivity index (χ2n) is 9.66. The van der Waals surface area contributed by atoms with Gasteiger partial charge in [0.25, 0.3) is 5.56 Å². The summed E-state index contributed by atoms with van der Waals surface area (Å²) in [6.07, 6.45) is 2.67. The van der Waals surface area contributed by atoms with Crippen molar-refractivity contribution in [3.8, 4) is 11.1 Å². The molecule has 3 aromatic carbocycles. The number of aryl methyl sites for hydroxylation is 1. The van der Waals surface area contributed by atoms with Gasteiger partial charge in [0.2, 0.25) is 0 Å². The highest BCUT2D eigenvalue weighted by molar-refractivity contribution is 5.97. The first-order valence-electron chi connectivity index (χ1n) is 13.1. The van der Waals surface area contributed by atoms with Crippen LogP contribution in [0.2, 0.25) is 0 Å². The molecule has 0 saturated heterocycles. The number of nitrogens with one attached hydrogen (secondary N) is 1. The number of nitrogens with zero attached hydrogens (tertiary/aromatic N) is 2. The van der Waals surface area contributed by atoms with E-state index < -0.39 is 12.1 Å². The second-order valence-corrected chi connectivity index (χ2v) is 9.66. The second kappa shape index (κ2) is 10.2. The van der Waals surface area contributed by atoms with Crippen LogP contribution in [0.4, 0.5) is 16.2 Å². The fourth-order valence-electron chi connectivity index (χ4n) is 5.30. The number of esters is 1. The lowest BCUT2D eigenvalue weighted by Crippen LogP contribution is -2.20. The molecule has 8 heteroatoms. The highest BCUT2D eigenvalue weighted by atomic mass is 16.5. The maximum absolute atomic E-state index is 13.2. The molecule has 5 aromatic rings. The highest BCUT2D eigenvalue weighted by Gasteiger charge is 2.29. The van der Waals surface area contributed by atoms with Gasteiger partial charge in [-0.15, -0.1) is 0 Å². The van der Waals surface area contributed by atoms with Crippen LogP contribution in [0.3, 0.4) is 0 Å². The summed E-state index contributed by atoms with van der Waals surface area (Å²) in [7, 11) is 1.58. The molecule has 2 heterocycles. The minimum Gasteiger partial charge on any atom is -0.462 e. The lowest BCUT2D eigenvalue weighted by Gasteiger charge is -2.15. The fraction of sp³-hybridized carbons (Fsp3) is 0.156. The topological polar surface area (TPSA) is 91.6 Å². The summed E-state index contributed by atoms with van der Waals surface area (Å²) in [4.78, 5) is 37.9. The molecule has 1 aliphatic carbocycles. The van der Waals surface area contributed by atoms with Crippen molar-refractivity contribution in [1.29, 1.82) is 0 Å². The van der Waals surface area contributed by atoms with Crippen LogP contribution >= 0.6 is 0 Å². The zero-order valence-corrected chi connectivity index (χ0v) is 22.1. The number of hydrogen-bond donors (Lipinski definition) is 1. The molecule has 0 aliphatic heterocycles. The summed E-state index contributed by atoms with van der Waals surface area (Å²) in [5, 5.41) is 3.94. The van der Waals surface area contributed by atoms with E-state index in [9.17, 15) is 14.4 Å². The Bertz CT molecular complexity index is 1790. The molecule has 200 valence electrons. The van der Waals surface area contributed by atoms with Crippen LogP contribution in [0, 0.1) is 0 Å². The number of carbonyl (C=O) groups is 2. The Morgan fingerprint density at radius 3 is 2.30 bits per heavy atom. The molecule has 0 bridgehead atoms. The van der Waals surface area contributed by atoms with Crippen LogP contribution in [0.25, 0.3) is 22.0 Å². The SMILES string of the molecule is CCOC(=O)c1cn(C)c(=O)cc1Nc1ccc2c(ccn2C(=O)OCC2c3ccccc3-c3ccccc32)c1. The van der Waals surface area contributed by atoms with Crippen LogP contribution in [-0.2, 0) is 16.5 Å². The third-order valence-corrected chi connectivity index (χ3v) is 7.23. The van der Waals surface area contributed by atoms with Gasteiger partial charge in [-0.3, -0.25) is 9.36 Å². The van der Waals surface area contributed by atoms with Gasteiger partial charge < -0.3 is 19.4 Å². The van der Waals surface area contributed by atoms with E-state index in [1.807, 2.05) is 36.4 Å². The molecule has 0 radical (unpaired) electrons. The number of anilines is 2. The molecule has 0 unspecified atom stereocenters. The Morgan fingerprint density at radius 2 is 1.60 bits per heavy atom. The number of benzene rings is 3. The fourth-order valence-corrected chi connectivity index (χ4v) is 5.30. The maximum atomic E-state index is 13.2. The molecule has 0 spiro atoms. The largest absolute Gasteiger partial charge is 0.462 e. The normalized spacial score (nSPS) is 12.2. The van der Waals surface area contributed by atoms with E-state index in [1.54, 1.807) is 32.3 Å². The summed E-state index contributed by atoms with van der Waals surface area (Å²) in [6, 6.07) is 25.0. The van der Waals surface area contributed by atoms with Crippen molar-refractivity contribution in [2.45, 2.75) is 12.8 Å². The third-order valence-electron chi connectivity index (χ3n) is 7.23. The number of aromatic nitrogens is 2. The van der Waals surface area contributed by atoms with Crippen LogP contribution in [0.15, 0.2) is 96.1 Å². The van der Waals surface area contributed by atoms with Crippen molar-refractivity contribution < 1.29 is 19.1 Å². The van der Waals surface area contributed by atoms with Gasteiger partial charge in [0, 0.05) is 42.5 Å². The van der Waals surface area contributed by atoms with Gasteiger partial charge in [0.15, 0.2) is 0 Å². The van der Waals surface area contributed by atoms with Crippen molar-refractivity contribution in [2.75, 3.05) is 18.5 Å². The van der Waals surface area contributed by atoms with E-state index in [0.717, 1.165) is 16.5 Å². The predicted octanol–water partition coefficient (Wildman–Crippen LogP) is 6.06. The summed E-state index contributed by atoms with van der Waals surface area (Å²) in [5.74, 6) is -0.552. The van der Waals surface area contributed by atoms with Crippen LogP contribution in [-0.4, -0.2) is 34.4 Å². The molecule has 6 rings (SSSR count). The lowest BCUT2D eigenvalue weighted by atomic mass is 9.98. The van der Waals surface area contributed by atoms with E-state index in [4.69, 9.17) is 9.47 Å². The van der Waals surface area contributed by atoms with Crippen molar-refractivity contribution in [3.63, 3.8) is 0 Å². The Kier molecular flexibility index (Phi) is 6.43. The van der Waals surface area contributed by atoms with Gasteiger partial charge >= 0.3 is 12.1 Å². The minimum absolute atomic E-state index is 0.0267. The Labute approximate surface area is 230 Å². The number of hydrogen-bond acceptors (Lipinski definition) is 6. The molecule has 0 saturated carbocycles. The lowest BCUT2D eigenvalue weighted by molar-refractivity contribution is 0.0526. The predicted molar refractivity (Wildman–Crippen MR) is 153 cm³/mol. The van der Waals surface area contributed by atoms with Crippen LogP contribution in [0.1, 0.15) is 34.3 Å². The average molecular weight is 534 g/mol. The standard InChI is InChI=1S/C32H27N3O5/c1-3-39-31(37)26-18-34(2)30(36)17-28(26)33-21-12-13-29-20(16-21)14-15-35(29)32(38)40-19-27-24-10-6-4-8-22(24)23-9-5-7-11-25(23)27/h4-18,27,33H,3,19H2,1-2H3. The number of carbonyl (C=O) groups excluding carboxylic acids is 2. The summed E-state index contributed by atoms with van der Waals surface area (Å²) >= 11 is 0. The molecule has 8 nitrogen and oxygen atoms in total. The number of rotatable bonds is 6. The van der Waals surface area contributed by atoms with E-state index in [0.29, 0.717) is 16.9 Å². The van der Waals surface area contributed by atoms with Crippen molar-refractivity contribution in [1.82, 2.24) is 9.13 Å². The Hall–Kier alpha value is -5.11. The summed E-state index contributed by atoms with van der Waals surface area (Å²) < 4.78 is 13.8. The van der Waals surface area contributed by atoms with Crippen molar-refractivity contribution in [2.24, 2.45) is 7.05 Å².